The molecule has 5 aromatic rings. The Hall–Kier alpha value is -2.43. The predicted molar refractivity (Wildman–Crippen MR) is 134 cm³/mol. The van der Waals surface area contributed by atoms with E-state index in [-0.39, 0.29) is 11.1 Å². The molecule has 0 spiro atoms. The van der Waals surface area contributed by atoms with Crippen molar-refractivity contribution in [3.05, 3.63) is 78.0 Å². The zero-order valence-electron chi connectivity index (χ0n) is 22.7. The van der Waals surface area contributed by atoms with Crippen molar-refractivity contribution in [1.82, 2.24) is 4.98 Å². The van der Waals surface area contributed by atoms with E-state index >= 15 is 0 Å². The molecule has 0 N–H and O–H groups in total. The second-order valence-corrected chi connectivity index (χ2v) is 18.5. The van der Waals surface area contributed by atoms with E-state index in [1.807, 2.05) is 12.1 Å². The van der Waals surface area contributed by atoms with Crippen LogP contribution < -0.4 is 8.79 Å². The van der Waals surface area contributed by atoms with E-state index in [0.717, 1.165) is 15.6 Å². The molecule has 0 saturated heterocycles. The molecule has 0 aliphatic carbocycles. The predicted octanol–water partition coefficient (Wildman–Crippen LogP) is 6.54. The van der Waals surface area contributed by atoms with Gasteiger partial charge in [0.1, 0.15) is 0 Å². The van der Waals surface area contributed by atoms with Crippen LogP contribution in [0.1, 0.15) is 19.4 Å². The summed E-state index contributed by atoms with van der Waals surface area (Å²) >= 11 is -0.785. The Morgan fingerprint density at radius 2 is 1.60 bits per heavy atom. The number of hydrogen-bond donors (Lipinski definition) is 0. The maximum atomic E-state index is 7.96. The third-order valence-corrected chi connectivity index (χ3v) is 15.5. The van der Waals surface area contributed by atoms with Crippen LogP contribution >= 0.6 is 11.3 Å². The summed E-state index contributed by atoms with van der Waals surface area (Å²) in [5, 5.41) is 2.32. The van der Waals surface area contributed by atoms with Crippen LogP contribution in [0.4, 0.5) is 0 Å². The van der Waals surface area contributed by atoms with Gasteiger partial charge in [-0.15, -0.1) is 0 Å². The molecule has 0 atom stereocenters. The molecule has 2 aromatic heterocycles. The van der Waals surface area contributed by atoms with E-state index in [1.54, 1.807) is 11.3 Å². The van der Waals surface area contributed by atoms with Crippen molar-refractivity contribution < 1.29 is 8.22 Å². The van der Waals surface area contributed by atoms with E-state index in [1.165, 1.54) is 42.3 Å². The van der Waals surface area contributed by atoms with Crippen molar-refractivity contribution in [3.63, 3.8) is 0 Å². The summed E-state index contributed by atoms with van der Waals surface area (Å²) in [7, 11) is 0. The van der Waals surface area contributed by atoms with E-state index in [2.05, 4.69) is 59.0 Å². The molecule has 1 nitrogen and oxygen atoms in total. The molecule has 0 unspecified atom stereocenters. The molecule has 3 heterocycles. The molecular weight excluding hydrogens is 443 g/mol. The normalized spacial score (nSPS) is 18.1. The van der Waals surface area contributed by atoms with Crippen molar-refractivity contribution in [3.8, 4) is 22.4 Å². The van der Waals surface area contributed by atoms with Crippen LogP contribution in [0, 0.1) is 13.7 Å². The number of aryl methyl sites for hydroxylation is 2. The number of benzene rings is 3. The van der Waals surface area contributed by atoms with Gasteiger partial charge in [0.05, 0.1) is 0 Å². The number of pyridine rings is 1. The first-order valence-corrected chi connectivity index (χ1v) is 17.1. The molecule has 0 amide bonds. The van der Waals surface area contributed by atoms with E-state index in [0.29, 0.717) is 5.69 Å². The standard InChI is InChI=1S/C27H23GeNS/c1-16-14-24(29-15-17(16)2)22-10-7-9-20-21-13-12-19-18-8-5-6-11-23(18)28(3,4)25(19)27(21)30-26(20)22/h5-15H,1-4H3/i1D3,2D3. The molecular formula is C27H23GeNS. The summed E-state index contributed by atoms with van der Waals surface area (Å²) in [4.78, 5) is 4.45. The minimum absolute atomic E-state index is 0.168. The molecule has 3 heteroatoms. The third-order valence-electron chi connectivity index (χ3n) is 6.36. The maximum absolute atomic E-state index is 7.96. The summed E-state index contributed by atoms with van der Waals surface area (Å²) in [5.74, 6) is 4.90. The number of aromatic nitrogens is 1. The zero-order chi connectivity index (χ0) is 25.6. The topological polar surface area (TPSA) is 12.9 Å². The monoisotopic (exact) mass is 473 g/mol. The van der Waals surface area contributed by atoms with Crippen molar-refractivity contribution in [2.75, 3.05) is 0 Å². The van der Waals surface area contributed by atoms with Crippen LogP contribution in [-0.2, 0) is 0 Å². The quantitative estimate of drug-likeness (QED) is 0.253. The molecule has 0 bridgehead atoms. The van der Waals surface area contributed by atoms with E-state index < -0.39 is 27.0 Å². The van der Waals surface area contributed by atoms with Gasteiger partial charge < -0.3 is 0 Å². The first-order chi connectivity index (χ1) is 16.9. The first kappa shape index (κ1) is 13.1. The summed E-state index contributed by atoms with van der Waals surface area (Å²) < 4.78 is 52.6. The average molecular weight is 472 g/mol. The molecule has 146 valence electrons. The first-order valence-electron chi connectivity index (χ1n) is 13.0. The van der Waals surface area contributed by atoms with Crippen LogP contribution in [0.2, 0.25) is 11.5 Å². The fourth-order valence-corrected chi connectivity index (χ4v) is 14.7. The van der Waals surface area contributed by atoms with Crippen LogP contribution in [0.3, 0.4) is 0 Å². The molecule has 30 heavy (non-hydrogen) atoms. The van der Waals surface area contributed by atoms with Gasteiger partial charge in [-0.25, -0.2) is 0 Å². The van der Waals surface area contributed by atoms with E-state index in [4.69, 9.17) is 8.22 Å². The van der Waals surface area contributed by atoms with Gasteiger partial charge in [0.15, 0.2) is 0 Å². The van der Waals surface area contributed by atoms with Gasteiger partial charge in [0, 0.05) is 0 Å². The Bertz CT molecular complexity index is 1700. The number of fused-ring (bicyclic) bond motifs is 7. The van der Waals surface area contributed by atoms with Crippen molar-refractivity contribution in [1.29, 1.82) is 0 Å². The van der Waals surface area contributed by atoms with E-state index in [9.17, 15) is 0 Å². The SMILES string of the molecule is [2H]C([2H])([2H])c1cnc(-c2cccc3c2sc2[c]4c(ccc23)-c2cccc[c]2[Ge]4([CH3])[CH3])cc1C([2H])([2H])[2H]. The molecule has 6 rings (SSSR count). The molecule has 1 aliphatic rings. The zero-order valence-corrected chi connectivity index (χ0v) is 19.6. The van der Waals surface area contributed by atoms with Crippen LogP contribution in [0.5, 0.6) is 0 Å². The second kappa shape index (κ2) is 6.29. The van der Waals surface area contributed by atoms with Gasteiger partial charge >= 0.3 is 192 Å². The molecule has 0 fully saturated rings. The Labute approximate surface area is 192 Å². The average Bonchev–Trinajstić information content (AvgIpc) is 3.30. The second-order valence-electron chi connectivity index (χ2n) is 8.43. The van der Waals surface area contributed by atoms with Crippen LogP contribution in [0.25, 0.3) is 42.6 Å². The van der Waals surface area contributed by atoms with Crippen LogP contribution in [-0.4, -0.2) is 18.3 Å². The molecule has 0 saturated carbocycles. The number of hydrogen-bond acceptors (Lipinski definition) is 2. The van der Waals surface area contributed by atoms with Crippen molar-refractivity contribution in [2.24, 2.45) is 0 Å². The third kappa shape index (κ3) is 2.38. The Balaban J connectivity index is 1.63. The van der Waals surface area contributed by atoms with Gasteiger partial charge in [0.25, 0.3) is 0 Å². The van der Waals surface area contributed by atoms with Crippen molar-refractivity contribution >= 4 is 53.6 Å². The molecule has 1 aliphatic heterocycles. The van der Waals surface area contributed by atoms with Gasteiger partial charge in [-0.05, 0) is 0 Å². The number of nitrogens with zero attached hydrogens (tertiary/aromatic N) is 1. The Morgan fingerprint density at radius 3 is 2.47 bits per heavy atom. The summed E-state index contributed by atoms with van der Waals surface area (Å²) in [6, 6.07) is 20.7. The molecule has 0 radical (unpaired) electrons. The van der Waals surface area contributed by atoms with Gasteiger partial charge in [0.2, 0.25) is 0 Å². The number of rotatable bonds is 1. The van der Waals surface area contributed by atoms with Gasteiger partial charge in [-0.1, -0.05) is 0 Å². The fourth-order valence-electron chi connectivity index (χ4n) is 4.91. The minimum atomic E-state index is -2.56. The molecule has 3 aromatic carbocycles. The summed E-state index contributed by atoms with van der Waals surface area (Å²) in [5.41, 5.74) is 3.60. The van der Waals surface area contributed by atoms with Gasteiger partial charge in [-0.3, -0.25) is 0 Å². The summed E-state index contributed by atoms with van der Waals surface area (Å²) in [6.07, 6.45) is 1.21. The van der Waals surface area contributed by atoms with Gasteiger partial charge in [-0.2, -0.15) is 0 Å². The van der Waals surface area contributed by atoms with Crippen LogP contribution in [0.15, 0.2) is 66.9 Å². The number of thiophene rings is 1. The Kier molecular flexibility index (Phi) is 2.74. The van der Waals surface area contributed by atoms with Crippen molar-refractivity contribution in [2.45, 2.75) is 25.2 Å². The fraction of sp³-hybridized carbons (Fsp3) is 0.148. The summed E-state index contributed by atoms with van der Waals surface area (Å²) in [6.45, 7) is -5.11. The Morgan fingerprint density at radius 1 is 0.800 bits per heavy atom.